The van der Waals surface area contributed by atoms with Crippen LogP contribution in [-0.2, 0) is 15.9 Å². The molecule has 0 atom stereocenters. The summed E-state index contributed by atoms with van der Waals surface area (Å²) in [5.41, 5.74) is 3.82. The lowest BCUT2D eigenvalue weighted by Gasteiger charge is -2.22. The minimum absolute atomic E-state index is 0.371. The van der Waals surface area contributed by atoms with Crippen molar-refractivity contribution in [2.75, 3.05) is 40.0 Å². The molecule has 0 radical (unpaired) electrons. The van der Waals surface area contributed by atoms with Crippen LogP contribution < -0.4 is 10.6 Å². The highest BCUT2D eigenvalue weighted by Gasteiger charge is 2.13. The van der Waals surface area contributed by atoms with Crippen molar-refractivity contribution >= 4 is 16.9 Å². The summed E-state index contributed by atoms with van der Waals surface area (Å²) < 4.78 is 11.2. The molecule has 0 spiro atoms. The van der Waals surface area contributed by atoms with E-state index in [9.17, 15) is 0 Å². The van der Waals surface area contributed by atoms with E-state index < -0.39 is 0 Å². The summed E-state index contributed by atoms with van der Waals surface area (Å²) in [6.07, 6.45) is 4.34. The van der Waals surface area contributed by atoms with Gasteiger partial charge >= 0.3 is 0 Å². The van der Waals surface area contributed by atoms with Crippen LogP contribution in [0.4, 0.5) is 0 Å². The fourth-order valence-corrected chi connectivity index (χ4v) is 3.55. The van der Waals surface area contributed by atoms with E-state index in [1.165, 1.54) is 22.2 Å². The van der Waals surface area contributed by atoms with E-state index in [0.717, 1.165) is 64.6 Å². The molecule has 1 aliphatic rings. The van der Waals surface area contributed by atoms with Gasteiger partial charge in [0.05, 0.1) is 6.10 Å². The first kappa shape index (κ1) is 19.7. The smallest absolute Gasteiger partial charge is 0.190 e. The largest absolute Gasteiger partial charge is 0.381 e. The number of para-hydroxylation sites is 1. The van der Waals surface area contributed by atoms with Gasteiger partial charge in [-0.05, 0) is 44.2 Å². The van der Waals surface area contributed by atoms with Crippen LogP contribution in [-0.4, -0.2) is 57.0 Å². The molecular formula is C21H32N4O2. The Morgan fingerprint density at radius 3 is 2.81 bits per heavy atom. The van der Waals surface area contributed by atoms with Crippen LogP contribution in [0.15, 0.2) is 29.3 Å². The molecule has 1 fully saturated rings. The Morgan fingerprint density at radius 2 is 2.00 bits per heavy atom. The number of aromatic nitrogens is 1. The van der Waals surface area contributed by atoms with Crippen LogP contribution in [0.5, 0.6) is 0 Å². The van der Waals surface area contributed by atoms with Crippen LogP contribution in [0.25, 0.3) is 10.9 Å². The van der Waals surface area contributed by atoms with E-state index in [2.05, 4.69) is 51.8 Å². The van der Waals surface area contributed by atoms with Crippen molar-refractivity contribution in [3.05, 3.63) is 35.5 Å². The number of guanidine groups is 1. The second kappa shape index (κ2) is 10.3. The SMILES string of the molecule is CN=C(NCCCOC1CCOCC1)NCCc1c(C)[nH]c2ccccc12. The van der Waals surface area contributed by atoms with E-state index >= 15 is 0 Å². The van der Waals surface area contributed by atoms with Gasteiger partial charge < -0.3 is 25.1 Å². The normalized spacial score (nSPS) is 16.0. The van der Waals surface area contributed by atoms with E-state index in [0.29, 0.717) is 6.10 Å². The summed E-state index contributed by atoms with van der Waals surface area (Å²) in [4.78, 5) is 7.77. The Balaban J connectivity index is 1.34. The molecular weight excluding hydrogens is 340 g/mol. The van der Waals surface area contributed by atoms with Crippen LogP contribution in [0.2, 0.25) is 0 Å². The topological polar surface area (TPSA) is 70.7 Å². The van der Waals surface area contributed by atoms with Gasteiger partial charge in [0.15, 0.2) is 5.96 Å². The first-order chi connectivity index (χ1) is 13.3. The predicted molar refractivity (Wildman–Crippen MR) is 111 cm³/mol. The zero-order valence-corrected chi connectivity index (χ0v) is 16.5. The summed E-state index contributed by atoms with van der Waals surface area (Å²) in [5.74, 6) is 0.846. The molecule has 1 aromatic heterocycles. The number of hydrogen-bond acceptors (Lipinski definition) is 3. The fourth-order valence-electron chi connectivity index (χ4n) is 3.55. The van der Waals surface area contributed by atoms with Crippen LogP contribution in [0, 0.1) is 6.92 Å². The maximum atomic E-state index is 5.90. The Labute approximate surface area is 161 Å². The molecule has 1 aromatic carbocycles. The Kier molecular flexibility index (Phi) is 7.54. The Bertz CT molecular complexity index is 735. The van der Waals surface area contributed by atoms with Crippen molar-refractivity contribution < 1.29 is 9.47 Å². The first-order valence-corrected chi connectivity index (χ1v) is 9.98. The number of ether oxygens (including phenoxy) is 2. The number of nitrogens with one attached hydrogen (secondary N) is 3. The number of fused-ring (bicyclic) bond motifs is 1. The van der Waals surface area contributed by atoms with Gasteiger partial charge in [-0.1, -0.05) is 18.2 Å². The third kappa shape index (κ3) is 5.71. The molecule has 0 aliphatic carbocycles. The van der Waals surface area contributed by atoms with Crippen LogP contribution in [0.1, 0.15) is 30.5 Å². The number of rotatable bonds is 8. The highest BCUT2D eigenvalue weighted by Crippen LogP contribution is 2.21. The second-order valence-electron chi connectivity index (χ2n) is 6.99. The van der Waals surface area contributed by atoms with Crippen molar-refractivity contribution in [2.24, 2.45) is 4.99 Å². The van der Waals surface area contributed by atoms with Gasteiger partial charge in [0.2, 0.25) is 0 Å². The highest BCUT2D eigenvalue weighted by molar-refractivity contribution is 5.84. The lowest BCUT2D eigenvalue weighted by molar-refractivity contribution is -0.0320. The third-order valence-electron chi connectivity index (χ3n) is 5.05. The molecule has 3 N–H and O–H groups in total. The maximum absolute atomic E-state index is 5.90. The minimum Gasteiger partial charge on any atom is -0.381 e. The summed E-state index contributed by atoms with van der Waals surface area (Å²) in [6, 6.07) is 8.47. The molecule has 6 heteroatoms. The lowest BCUT2D eigenvalue weighted by atomic mass is 10.1. The van der Waals surface area contributed by atoms with Crippen molar-refractivity contribution in [3.8, 4) is 0 Å². The number of aliphatic imine (C=N–C) groups is 1. The Morgan fingerprint density at radius 1 is 1.22 bits per heavy atom. The molecule has 148 valence electrons. The quantitative estimate of drug-likeness (QED) is 0.379. The van der Waals surface area contributed by atoms with Crippen molar-refractivity contribution in [1.82, 2.24) is 15.6 Å². The third-order valence-corrected chi connectivity index (χ3v) is 5.05. The van der Waals surface area contributed by atoms with E-state index in [4.69, 9.17) is 9.47 Å². The molecule has 3 rings (SSSR count). The zero-order chi connectivity index (χ0) is 18.9. The average Bonchev–Trinajstić information content (AvgIpc) is 3.02. The average molecular weight is 373 g/mol. The summed E-state index contributed by atoms with van der Waals surface area (Å²) in [6.45, 7) is 6.28. The van der Waals surface area contributed by atoms with Gasteiger partial charge in [-0.25, -0.2) is 0 Å². The number of aryl methyl sites for hydroxylation is 1. The molecule has 1 saturated heterocycles. The Hall–Kier alpha value is -2.05. The van der Waals surface area contributed by atoms with Gasteiger partial charge in [-0.2, -0.15) is 0 Å². The molecule has 0 bridgehead atoms. The molecule has 27 heavy (non-hydrogen) atoms. The maximum Gasteiger partial charge on any atom is 0.190 e. The summed E-state index contributed by atoms with van der Waals surface area (Å²) in [7, 11) is 1.81. The molecule has 6 nitrogen and oxygen atoms in total. The van der Waals surface area contributed by atoms with E-state index in [1.54, 1.807) is 0 Å². The molecule has 0 amide bonds. The van der Waals surface area contributed by atoms with Gasteiger partial charge in [0.1, 0.15) is 0 Å². The molecule has 1 aliphatic heterocycles. The van der Waals surface area contributed by atoms with Crippen molar-refractivity contribution in [3.63, 3.8) is 0 Å². The number of nitrogens with zero attached hydrogens (tertiary/aromatic N) is 1. The van der Waals surface area contributed by atoms with E-state index in [-0.39, 0.29) is 0 Å². The van der Waals surface area contributed by atoms with Gasteiger partial charge in [0, 0.05) is 56.6 Å². The highest BCUT2D eigenvalue weighted by atomic mass is 16.5. The zero-order valence-electron chi connectivity index (χ0n) is 16.5. The predicted octanol–water partition coefficient (Wildman–Crippen LogP) is 2.77. The minimum atomic E-state index is 0.371. The van der Waals surface area contributed by atoms with Gasteiger partial charge in [-0.3, -0.25) is 4.99 Å². The summed E-state index contributed by atoms with van der Waals surface area (Å²) in [5, 5.41) is 8.08. The number of aromatic amines is 1. The molecule has 2 heterocycles. The lowest BCUT2D eigenvalue weighted by Crippen LogP contribution is -2.39. The van der Waals surface area contributed by atoms with Crippen molar-refractivity contribution in [2.45, 2.75) is 38.7 Å². The standard InChI is InChI=1S/C21H32N4O2/c1-16-18(19-6-3-4-7-20(19)25-16)8-12-24-21(22-2)23-11-5-13-27-17-9-14-26-15-10-17/h3-4,6-7,17,25H,5,8-15H2,1-2H3,(H2,22,23,24). The first-order valence-electron chi connectivity index (χ1n) is 9.98. The summed E-state index contributed by atoms with van der Waals surface area (Å²) >= 11 is 0. The number of benzene rings is 1. The van der Waals surface area contributed by atoms with Crippen LogP contribution >= 0.6 is 0 Å². The second-order valence-corrected chi connectivity index (χ2v) is 6.99. The van der Waals surface area contributed by atoms with Gasteiger partial charge in [-0.15, -0.1) is 0 Å². The molecule has 0 saturated carbocycles. The van der Waals surface area contributed by atoms with E-state index in [1.807, 2.05) is 7.05 Å². The monoisotopic (exact) mass is 372 g/mol. The van der Waals surface area contributed by atoms with Crippen molar-refractivity contribution in [1.29, 1.82) is 0 Å². The number of hydrogen-bond donors (Lipinski definition) is 3. The van der Waals surface area contributed by atoms with Gasteiger partial charge in [0.25, 0.3) is 0 Å². The fraction of sp³-hybridized carbons (Fsp3) is 0.571. The molecule has 2 aromatic rings. The van der Waals surface area contributed by atoms with Crippen LogP contribution in [0.3, 0.4) is 0 Å². The number of H-pyrrole nitrogens is 1. The molecule has 0 unspecified atom stereocenters.